The van der Waals surface area contributed by atoms with Crippen LogP contribution in [0.4, 0.5) is 5.69 Å². The van der Waals surface area contributed by atoms with Crippen molar-refractivity contribution in [3.8, 4) is 11.4 Å². The van der Waals surface area contributed by atoms with Crippen LogP contribution in [0.15, 0.2) is 24.3 Å². The SMILES string of the molecule is O=[N+]([O-])c1ccccc1-c1nc2snnc2[nH]1. The second-order valence-electron chi connectivity index (χ2n) is 3.29. The molecule has 0 radical (unpaired) electrons. The zero-order valence-corrected chi connectivity index (χ0v) is 9.14. The fourth-order valence-corrected chi connectivity index (χ4v) is 2.05. The topological polar surface area (TPSA) is 97.6 Å². The summed E-state index contributed by atoms with van der Waals surface area (Å²) in [6.45, 7) is 0. The normalized spacial score (nSPS) is 10.8. The van der Waals surface area contributed by atoms with E-state index in [0.717, 1.165) is 11.5 Å². The molecule has 2 aromatic heterocycles. The second kappa shape index (κ2) is 3.59. The molecule has 2 heterocycles. The van der Waals surface area contributed by atoms with E-state index < -0.39 is 4.92 Å². The van der Waals surface area contributed by atoms with Crippen LogP contribution >= 0.6 is 11.5 Å². The summed E-state index contributed by atoms with van der Waals surface area (Å²) in [5, 5.41) is 14.7. The first kappa shape index (κ1) is 9.85. The zero-order valence-electron chi connectivity index (χ0n) is 8.32. The van der Waals surface area contributed by atoms with Crippen LogP contribution in [0.3, 0.4) is 0 Å². The van der Waals surface area contributed by atoms with E-state index in [1.54, 1.807) is 18.2 Å². The van der Waals surface area contributed by atoms with Gasteiger partial charge in [0.2, 0.25) is 0 Å². The van der Waals surface area contributed by atoms with Gasteiger partial charge in [-0.1, -0.05) is 16.6 Å². The van der Waals surface area contributed by atoms with E-state index in [2.05, 4.69) is 19.6 Å². The average Bonchev–Trinajstić information content (AvgIpc) is 2.88. The lowest BCUT2D eigenvalue weighted by atomic mass is 10.2. The number of nitrogens with one attached hydrogen (secondary N) is 1. The Balaban J connectivity index is 2.21. The van der Waals surface area contributed by atoms with E-state index in [4.69, 9.17) is 0 Å². The molecule has 1 aromatic carbocycles. The fraction of sp³-hybridized carbons (Fsp3) is 0. The molecule has 8 heteroatoms. The molecule has 1 N–H and O–H groups in total. The summed E-state index contributed by atoms with van der Waals surface area (Å²) in [5.74, 6) is 0.438. The van der Waals surface area contributed by atoms with E-state index in [0.29, 0.717) is 21.9 Å². The molecule has 0 saturated heterocycles. The minimum atomic E-state index is -0.433. The number of imidazole rings is 1. The number of aromatic nitrogens is 4. The van der Waals surface area contributed by atoms with Gasteiger partial charge < -0.3 is 4.98 Å². The van der Waals surface area contributed by atoms with Gasteiger partial charge in [-0.05, 0) is 6.07 Å². The van der Waals surface area contributed by atoms with Gasteiger partial charge >= 0.3 is 0 Å². The molecule has 0 atom stereocenters. The number of nitrogens with zero attached hydrogens (tertiary/aromatic N) is 4. The van der Waals surface area contributed by atoms with Gasteiger partial charge in [-0.25, -0.2) is 4.98 Å². The smallest absolute Gasteiger partial charge is 0.280 e. The number of nitro groups is 1. The first-order valence-corrected chi connectivity index (χ1v) is 5.45. The van der Waals surface area contributed by atoms with Crippen molar-refractivity contribution in [2.45, 2.75) is 0 Å². The third kappa shape index (κ3) is 1.54. The number of hydrogen-bond donors (Lipinski definition) is 1. The summed E-state index contributed by atoms with van der Waals surface area (Å²) in [6, 6.07) is 6.43. The lowest BCUT2D eigenvalue weighted by Gasteiger charge is -1.97. The minimum absolute atomic E-state index is 0.0156. The number of para-hydroxylation sites is 1. The maximum Gasteiger partial charge on any atom is 0.280 e. The second-order valence-corrected chi connectivity index (χ2v) is 4.02. The van der Waals surface area contributed by atoms with Crippen LogP contribution in [0.5, 0.6) is 0 Å². The molecule has 7 nitrogen and oxygen atoms in total. The monoisotopic (exact) mass is 247 g/mol. The molecule has 0 unspecified atom stereocenters. The Morgan fingerprint density at radius 1 is 1.35 bits per heavy atom. The summed E-state index contributed by atoms with van der Waals surface area (Å²) in [4.78, 5) is 18.2. The Bertz CT molecular complexity index is 676. The van der Waals surface area contributed by atoms with Gasteiger partial charge in [-0.15, -0.1) is 5.10 Å². The first-order chi connectivity index (χ1) is 8.25. The van der Waals surface area contributed by atoms with Gasteiger partial charge in [0.15, 0.2) is 10.5 Å². The highest BCUT2D eigenvalue weighted by Crippen LogP contribution is 2.28. The van der Waals surface area contributed by atoms with Crippen LogP contribution in [-0.4, -0.2) is 24.5 Å². The quantitative estimate of drug-likeness (QED) is 0.551. The van der Waals surface area contributed by atoms with Crippen LogP contribution in [0.2, 0.25) is 0 Å². The number of H-pyrrole nitrogens is 1. The average molecular weight is 247 g/mol. The molecule has 0 aliphatic rings. The molecular formula is C9H5N5O2S. The molecule has 3 rings (SSSR count). The minimum Gasteiger partial charge on any atom is -0.320 e. The maximum absolute atomic E-state index is 10.9. The molecule has 0 bridgehead atoms. The molecule has 0 fully saturated rings. The van der Waals surface area contributed by atoms with E-state index in [9.17, 15) is 10.1 Å². The van der Waals surface area contributed by atoms with Crippen LogP contribution in [0.25, 0.3) is 21.9 Å². The van der Waals surface area contributed by atoms with Crippen molar-refractivity contribution in [1.82, 2.24) is 19.6 Å². The van der Waals surface area contributed by atoms with Gasteiger partial charge in [0, 0.05) is 17.6 Å². The molecule has 17 heavy (non-hydrogen) atoms. The highest BCUT2D eigenvalue weighted by Gasteiger charge is 2.18. The number of benzene rings is 1. The first-order valence-electron chi connectivity index (χ1n) is 4.67. The van der Waals surface area contributed by atoms with Crippen molar-refractivity contribution in [3.63, 3.8) is 0 Å². The molecule has 84 valence electrons. The third-order valence-corrected chi connectivity index (χ3v) is 2.90. The molecular weight excluding hydrogens is 242 g/mol. The number of fused-ring (bicyclic) bond motifs is 1. The molecule has 0 aliphatic carbocycles. The Hall–Kier alpha value is -2.35. The van der Waals surface area contributed by atoms with Gasteiger partial charge in [0.25, 0.3) is 5.69 Å². The summed E-state index contributed by atoms with van der Waals surface area (Å²) < 4.78 is 3.72. The van der Waals surface area contributed by atoms with Crippen molar-refractivity contribution < 1.29 is 4.92 Å². The predicted octanol–water partition coefficient (Wildman–Crippen LogP) is 1.99. The highest BCUT2D eigenvalue weighted by atomic mass is 32.1. The Kier molecular flexibility index (Phi) is 2.08. The van der Waals surface area contributed by atoms with Crippen LogP contribution in [0, 0.1) is 10.1 Å². The third-order valence-electron chi connectivity index (χ3n) is 2.28. The van der Waals surface area contributed by atoms with Crippen molar-refractivity contribution in [1.29, 1.82) is 0 Å². The van der Waals surface area contributed by atoms with Gasteiger partial charge in [0.1, 0.15) is 5.82 Å². The van der Waals surface area contributed by atoms with Gasteiger partial charge in [0.05, 0.1) is 10.5 Å². The van der Waals surface area contributed by atoms with E-state index in [-0.39, 0.29) is 5.69 Å². The molecule has 3 aromatic rings. The van der Waals surface area contributed by atoms with Crippen molar-refractivity contribution in [2.24, 2.45) is 0 Å². The van der Waals surface area contributed by atoms with E-state index in [1.807, 2.05) is 0 Å². The highest BCUT2D eigenvalue weighted by molar-refractivity contribution is 7.12. The Morgan fingerprint density at radius 2 is 2.18 bits per heavy atom. The van der Waals surface area contributed by atoms with E-state index in [1.165, 1.54) is 6.07 Å². The Morgan fingerprint density at radius 3 is 2.94 bits per heavy atom. The number of hydrogen-bond acceptors (Lipinski definition) is 6. The summed E-state index contributed by atoms with van der Waals surface area (Å²) in [7, 11) is 0. The lowest BCUT2D eigenvalue weighted by molar-refractivity contribution is -0.384. The van der Waals surface area contributed by atoms with E-state index >= 15 is 0 Å². The zero-order chi connectivity index (χ0) is 11.8. The van der Waals surface area contributed by atoms with Gasteiger partial charge in [-0.3, -0.25) is 10.1 Å². The van der Waals surface area contributed by atoms with Gasteiger partial charge in [-0.2, -0.15) is 0 Å². The Labute approximate surface area is 98.4 Å². The summed E-state index contributed by atoms with van der Waals surface area (Å²) in [5.41, 5.74) is 1.01. The number of aromatic amines is 1. The maximum atomic E-state index is 10.9. The molecule has 0 saturated carbocycles. The standard InChI is InChI=1S/C9H5N5O2S/c15-14(16)6-4-2-1-3-5(6)7-10-8-9(11-7)17-13-12-8/h1-4H,(H,10,11). The van der Waals surface area contributed by atoms with Crippen LogP contribution in [-0.2, 0) is 0 Å². The lowest BCUT2D eigenvalue weighted by Crippen LogP contribution is -1.92. The largest absolute Gasteiger partial charge is 0.320 e. The van der Waals surface area contributed by atoms with Crippen molar-refractivity contribution in [3.05, 3.63) is 34.4 Å². The predicted molar refractivity (Wildman–Crippen MR) is 61.7 cm³/mol. The van der Waals surface area contributed by atoms with Crippen LogP contribution < -0.4 is 0 Å². The van der Waals surface area contributed by atoms with Crippen molar-refractivity contribution >= 4 is 27.7 Å². The van der Waals surface area contributed by atoms with Crippen LogP contribution in [0.1, 0.15) is 0 Å². The number of rotatable bonds is 2. The fourth-order valence-electron chi connectivity index (χ4n) is 1.54. The summed E-state index contributed by atoms with van der Waals surface area (Å²) in [6.07, 6.45) is 0. The molecule has 0 amide bonds. The molecule has 0 spiro atoms. The summed E-state index contributed by atoms with van der Waals surface area (Å²) >= 11 is 1.14. The molecule has 0 aliphatic heterocycles. The number of nitro benzene ring substituents is 1. The van der Waals surface area contributed by atoms with Crippen molar-refractivity contribution in [2.75, 3.05) is 0 Å².